The Balaban J connectivity index is 1.41. The molecule has 1 spiro atoms. The van der Waals surface area contributed by atoms with E-state index in [4.69, 9.17) is 0 Å². The topological polar surface area (TPSA) is 69.7 Å². The third kappa shape index (κ3) is 3.32. The number of carbonyl (C=O) groups excluding carboxylic acids is 3. The molecule has 1 N–H and O–H groups in total. The molecule has 0 atom stereocenters. The van der Waals surface area contributed by atoms with Gasteiger partial charge in [-0.2, -0.15) is 0 Å². The van der Waals surface area contributed by atoms with Crippen molar-refractivity contribution >= 4 is 23.4 Å². The Labute approximate surface area is 165 Å². The Morgan fingerprint density at radius 3 is 2.39 bits per heavy atom. The first kappa shape index (κ1) is 18.7. The Bertz CT molecular complexity index is 848. The molecular weight excluding hydrogens is 354 g/mol. The molecule has 3 aliphatic rings. The van der Waals surface area contributed by atoms with Gasteiger partial charge < -0.3 is 10.2 Å². The molecule has 4 rings (SSSR count). The summed E-state index contributed by atoms with van der Waals surface area (Å²) in [5.74, 6) is -0.402. The van der Waals surface area contributed by atoms with Crippen LogP contribution in [0.4, 0.5) is 4.79 Å². The fourth-order valence-electron chi connectivity index (χ4n) is 4.69. The van der Waals surface area contributed by atoms with Gasteiger partial charge in [-0.05, 0) is 44.2 Å². The lowest BCUT2D eigenvalue weighted by Gasteiger charge is -2.28. The average molecular weight is 381 g/mol. The number of nitrogens with zero attached hydrogens (tertiary/aromatic N) is 2. The van der Waals surface area contributed by atoms with Gasteiger partial charge in [-0.15, -0.1) is 0 Å². The lowest BCUT2D eigenvalue weighted by molar-refractivity contribution is -0.138. The number of urea groups is 1. The molecule has 1 aromatic carbocycles. The highest BCUT2D eigenvalue weighted by molar-refractivity contribution is 6.09. The van der Waals surface area contributed by atoms with E-state index in [0.717, 1.165) is 24.2 Å². The summed E-state index contributed by atoms with van der Waals surface area (Å²) < 4.78 is 0. The van der Waals surface area contributed by atoms with E-state index in [0.29, 0.717) is 25.9 Å². The van der Waals surface area contributed by atoms with Gasteiger partial charge in [0.05, 0.1) is 0 Å². The molecule has 0 radical (unpaired) electrons. The molecule has 1 saturated carbocycles. The van der Waals surface area contributed by atoms with Crippen LogP contribution in [-0.2, 0) is 9.59 Å². The van der Waals surface area contributed by atoms with Crippen molar-refractivity contribution in [1.82, 2.24) is 15.1 Å². The second-order valence-corrected chi connectivity index (χ2v) is 8.31. The molecule has 2 fully saturated rings. The highest BCUT2D eigenvalue weighted by Crippen LogP contribution is 2.35. The number of imide groups is 1. The van der Waals surface area contributed by atoms with Gasteiger partial charge in [0.1, 0.15) is 12.1 Å². The van der Waals surface area contributed by atoms with Gasteiger partial charge in [-0.25, -0.2) is 4.79 Å². The smallest absolute Gasteiger partial charge is 0.325 e. The van der Waals surface area contributed by atoms with Crippen LogP contribution in [0.15, 0.2) is 24.3 Å². The molecule has 0 bridgehead atoms. The molecule has 1 aromatic rings. The molecular formula is C22H27N3O3. The minimum Gasteiger partial charge on any atom is -0.337 e. The number of amides is 4. The van der Waals surface area contributed by atoms with Gasteiger partial charge in [0.25, 0.3) is 5.91 Å². The Kier molecular flexibility index (Phi) is 4.73. The van der Waals surface area contributed by atoms with E-state index < -0.39 is 11.6 Å². The summed E-state index contributed by atoms with van der Waals surface area (Å²) in [4.78, 5) is 40.6. The Hall–Kier alpha value is -2.63. The van der Waals surface area contributed by atoms with E-state index in [9.17, 15) is 14.4 Å². The normalized spacial score (nSPS) is 21.3. The molecule has 6 heteroatoms. The summed E-state index contributed by atoms with van der Waals surface area (Å²) in [5.41, 5.74) is 4.16. The molecule has 0 aromatic heterocycles. The second kappa shape index (κ2) is 7.08. The number of aryl methyl sites for hydroxylation is 2. The highest BCUT2D eigenvalue weighted by atomic mass is 16.2. The van der Waals surface area contributed by atoms with Crippen molar-refractivity contribution in [3.8, 4) is 0 Å². The van der Waals surface area contributed by atoms with E-state index in [2.05, 4.69) is 43.4 Å². The second-order valence-electron chi connectivity index (χ2n) is 8.31. The van der Waals surface area contributed by atoms with Crippen molar-refractivity contribution in [3.05, 3.63) is 41.0 Å². The number of nitrogens with one attached hydrogen (secondary N) is 1. The zero-order valence-electron chi connectivity index (χ0n) is 16.6. The molecule has 6 nitrogen and oxygen atoms in total. The molecule has 2 heterocycles. The summed E-state index contributed by atoms with van der Waals surface area (Å²) in [6, 6.07) is 6.07. The summed E-state index contributed by atoms with van der Waals surface area (Å²) in [7, 11) is 0. The number of rotatable bonds is 3. The van der Waals surface area contributed by atoms with Gasteiger partial charge in [0.15, 0.2) is 0 Å². The largest absolute Gasteiger partial charge is 0.337 e. The molecule has 148 valence electrons. The minimum atomic E-state index is -0.755. The standard InChI is InChI=1S/C22H27N3O3/c1-15-11-16(2)13-18(12-15)17-5-9-24(10-6-17)19(26)14-25-20(27)22(23-21(25)28)7-3-4-8-22/h5,11-13H,3-4,6-10,14H2,1-2H3,(H,23,28). The van der Waals surface area contributed by atoms with Crippen molar-refractivity contribution < 1.29 is 14.4 Å². The molecule has 1 saturated heterocycles. The maximum atomic E-state index is 12.7. The SMILES string of the molecule is Cc1cc(C)cc(C2=CCN(C(=O)CN3C(=O)NC4(CCCC4)C3=O)CC2)c1. The van der Waals surface area contributed by atoms with Gasteiger partial charge >= 0.3 is 6.03 Å². The number of carbonyl (C=O) groups is 3. The molecule has 0 unspecified atom stereocenters. The molecule has 28 heavy (non-hydrogen) atoms. The van der Waals surface area contributed by atoms with Gasteiger partial charge in [-0.3, -0.25) is 14.5 Å². The summed E-state index contributed by atoms with van der Waals surface area (Å²) in [6.45, 7) is 5.12. The first-order chi connectivity index (χ1) is 13.4. The number of benzene rings is 1. The zero-order chi connectivity index (χ0) is 19.9. The Morgan fingerprint density at radius 1 is 1.11 bits per heavy atom. The van der Waals surface area contributed by atoms with Crippen molar-refractivity contribution in [2.24, 2.45) is 0 Å². The van der Waals surface area contributed by atoms with E-state index in [-0.39, 0.29) is 18.4 Å². The van der Waals surface area contributed by atoms with E-state index in [1.807, 2.05) is 0 Å². The average Bonchev–Trinajstić information content (AvgIpc) is 3.22. The minimum absolute atomic E-state index is 0.168. The van der Waals surface area contributed by atoms with Gasteiger partial charge in [0, 0.05) is 13.1 Å². The first-order valence-corrected chi connectivity index (χ1v) is 10.1. The monoisotopic (exact) mass is 381 g/mol. The lowest BCUT2D eigenvalue weighted by Crippen LogP contribution is -2.46. The first-order valence-electron chi connectivity index (χ1n) is 10.1. The third-order valence-electron chi connectivity index (χ3n) is 6.15. The van der Waals surface area contributed by atoms with Crippen LogP contribution >= 0.6 is 0 Å². The summed E-state index contributed by atoms with van der Waals surface area (Å²) in [6.07, 6.45) is 6.08. The maximum Gasteiger partial charge on any atom is 0.325 e. The van der Waals surface area contributed by atoms with Crippen LogP contribution in [0.2, 0.25) is 0 Å². The van der Waals surface area contributed by atoms with Crippen molar-refractivity contribution in [2.45, 2.75) is 51.5 Å². The van der Waals surface area contributed by atoms with Crippen LogP contribution in [-0.4, -0.2) is 52.8 Å². The van der Waals surface area contributed by atoms with E-state index in [1.165, 1.54) is 22.3 Å². The van der Waals surface area contributed by atoms with Crippen molar-refractivity contribution in [1.29, 1.82) is 0 Å². The van der Waals surface area contributed by atoms with Crippen LogP contribution in [0.5, 0.6) is 0 Å². The molecule has 2 aliphatic heterocycles. The summed E-state index contributed by atoms with van der Waals surface area (Å²) in [5, 5.41) is 2.83. The van der Waals surface area contributed by atoms with Crippen LogP contribution in [0.25, 0.3) is 5.57 Å². The Morgan fingerprint density at radius 2 is 1.79 bits per heavy atom. The molecule has 1 aliphatic carbocycles. The number of hydrogen-bond donors (Lipinski definition) is 1. The third-order valence-corrected chi connectivity index (χ3v) is 6.15. The highest BCUT2D eigenvalue weighted by Gasteiger charge is 2.52. The fourth-order valence-corrected chi connectivity index (χ4v) is 4.69. The van der Waals surface area contributed by atoms with Crippen LogP contribution in [0, 0.1) is 13.8 Å². The number of hydrogen-bond acceptors (Lipinski definition) is 3. The van der Waals surface area contributed by atoms with Crippen LogP contribution in [0.1, 0.15) is 48.8 Å². The predicted octanol–water partition coefficient (Wildman–Crippen LogP) is 2.78. The summed E-state index contributed by atoms with van der Waals surface area (Å²) >= 11 is 0. The lowest BCUT2D eigenvalue weighted by atomic mass is 9.96. The van der Waals surface area contributed by atoms with Crippen molar-refractivity contribution in [2.75, 3.05) is 19.6 Å². The fraction of sp³-hybridized carbons (Fsp3) is 0.500. The van der Waals surface area contributed by atoms with E-state index >= 15 is 0 Å². The van der Waals surface area contributed by atoms with Crippen LogP contribution < -0.4 is 5.32 Å². The quantitative estimate of drug-likeness (QED) is 0.819. The van der Waals surface area contributed by atoms with Crippen LogP contribution in [0.3, 0.4) is 0 Å². The zero-order valence-corrected chi connectivity index (χ0v) is 16.6. The van der Waals surface area contributed by atoms with Gasteiger partial charge in [0.2, 0.25) is 5.91 Å². The van der Waals surface area contributed by atoms with Gasteiger partial charge in [-0.1, -0.05) is 48.2 Å². The predicted molar refractivity (Wildman–Crippen MR) is 107 cm³/mol. The molecule has 4 amide bonds. The van der Waals surface area contributed by atoms with Crippen molar-refractivity contribution in [3.63, 3.8) is 0 Å². The maximum absolute atomic E-state index is 12.7. The van der Waals surface area contributed by atoms with E-state index in [1.54, 1.807) is 4.90 Å².